The van der Waals surface area contributed by atoms with E-state index in [9.17, 15) is 0 Å². The van der Waals surface area contributed by atoms with Gasteiger partial charge in [0.25, 0.3) is 0 Å². The van der Waals surface area contributed by atoms with E-state index < -0.39 is 0 Å². The lowest BCUT2D eigenvalue weighted by Gasteiger charge is -2.36. The lowest BCUT2D eigenvalue weighted by molar-refractivity contribution is 0.273. The summed E-state index contributed by atoms with van der Waals surface area (Å²) in [6, 6.07) is 8.65. The zero-order chi connectivity index (χ0) is 14.5. The monoisotopic (exact) mass is 303 g/mol. The number of nitrogens with one attached hydrogen (secondary N) is 1. The number of aromatic nitrogens is 3. The summed E-state index contributed by atoms with van der Waals surface area (Å²) < 4.78 is 0. The molecule has 2 aromatic rings. The van der Waals surface area contributed by atoms with Gasteiger partial charge in [-0.1, -0.05) is 30.0 Å². The molecule has 0 spiro atoms. The summed E-state index contributed by atoms with van der Waals surface area (Å²) in [6.07, 6.45) is 1.56. The molecule has 5 nitrogen and oxygen atoms in total. The van der Waals surface area contributed by atoms with Crippen LogP contribution in [0.5, 0.6) is 0 Å². The van der Waals surface area contributed by atoms with Crippen molar-refractivity contribution in [2.75, 3.05) is 43.4 Å². The van der Waals surface area contributed by atoms with Gasteiger partial charge in [0.2, 0.25) is 0 Å². The number of piperazine rings is 1. The number of aryl methyl sites for hydroxylation is 1. The zero-order valence-electron chi connectivity index (χ0n) is 12.3. The quantitative estimate of drug-likeness (QED) is 0.857. The molecule has 2 heterocycles. The molecule has 6 heteroatoms. The van der Waals surface area contributed by atoms with Crippen LogP contribution in [0.25, 0.3) is 0 Å². The number of aromatic amines is 1. The van der Waals surface area contributed by atoms with Crippen molar-refractivity contribution in [1.29, 1.82) is 0 Å². The topological polar surface area (TPSA) is 48.1 Å². The second kappa shape index (κ2) is 6.95. The Balaban J connectivity index is 1.44. The first-order chi connectivity index (χ1) is 10.3. The minimum atomic E-state index is 0.911. The number of anilines is 1. The Labute approximate surface area is 129 Å². The lowest BCUT2D eigenvalue weighted by Crippen LogP contribution is -2.47. The molecule has 1 fully saturated rings. The summed E-state index contributed by atoms with van der Waals surface area (Å²) in [4.78, 5) is 9.15. The van der Waals surface area contributed by atoms with Crippen LogP contribution >= 0.6 is 11.8 Å². The zero-order valence-corrected chi connectivity index (χ0v) is 13.1. The number of rotatable bonds is 5. The summed E-state index contributed by atoms with van der Waals surface area (Å²) in [7, 11) is 0. The van der Waals surface area contributed by atoms with Crippen LogP contribution in [-0.2, 0) is 0 Å². The highest BCUT2D eigenvalue weighted by Crippen LogP contribution is 2.21. The van der Waals surface area contributed by atoms with Crippen LogP contribution in [0.1, 0.15) is 5.56 Å². The largest absolute Gasteiger partial charge is 0.369 e. The molecule has 112 valence electrons. The van der Waals surface area contributed by atoms with Gasteiger partial charge in [0.05, 0.1) is 0 Å². The maximum absolute atomic E-state index is 4.13. The first-order valence-corrected chi connectivity index (χ1v) is 8.32. The predicted molar refractivity (Wildman–Crippen MR) is 86.9 cm³/mol. The van der Waals surface area contributed by atoms with Gasteiger partial charge in [-0.15, -0.1) is 0 Å². The van der Waals surface area contributed by atoms with Crippen molar-refractivity contribution in [1.82, 2.24) is 20.1 Å². The summed E-state index contributed by atoms with van der Waals surface area (Å²) in [6.45, 7) is 7.77. The molecular weight excluding hydrogens is 282 g/mol. The van der Waals surface area contributed by atoms with E-state index in [4.69, 9.17) is 0 Å². The standard InChI is InChI=1S/C15H21N5S/c1-13-4-2-3-5-14(13)20-8-6-19(7-9-20)10-11-21-15-16-12-17-18-15/h2-5,12H,6-11H2,1H3,(H,16,17,18). The molecule has 0 amide bonds. The van der Waals surface area contributed by atoms with E-state index in [0.29, 0.717) is 0 Å². The van der Waals surface area contributed by atoms with Crippen LogP contribution in [0.15, 0.2) is 35.7 Å². The van der Waals surface area contributed by atoms with E-state index in [-0.39, 0.29) is 0 Å². The summed E-state index contributed by atoms with van der Waals surface area (Å²) in [5, 5.41) is 7.66. The summed E-state index contributed by atoms with van der Waals surface area (Å²) in [5.74, 6) is 1.06. The molecule has 0 saturated carbocycles. The molecule has 1 N–H and O–H groups in total. The highest BCUT2D eigenvalue weighted by molar-refractivity contribution is 7.99. The van der Waals surface area contributed by atoms with Gasteiger partial charge in [-0.2, -0.15) is 5.10 Å². The van der Waals surface area contributed by atoms with Crippen molar-refractivity contribution < 1.29 is 0 Å². The highest BCUT2D eigenvalue weighted by atomic mass is 32.2. The number of hydrogen-bond donors (Lipinski definition) is 1. The van der Waals surface area contributed by atoms with E-state index in [0.717, 1.165) is 43.6 Å². The molecule has 0 bridgehead atoms. The molecule has 0 unspecified atom stereocenters. The average molecular weight is 303 g/mol. The third-order valence-electron chi connectivity index (χ3n) is 3.87. The highest BCUT2D eigenvalue weighted by Gasteiger charge is 2.17. The molecule has 1 aliphatic rings. The third-order valence-corrected chi connectivity index (χ3v) is 4.72. The van der Waals surface area contributed by atoms with E-state index in [1.54, 1.807) is 18.1 Å². The van der Waals surface area contributed by atoms with E-state index in [2.05, 4.69) is 56.2 Å². The fourth-order valence-electron chi connectivity index (χ4n) is 2.67. The Hall–Kier alpha value is -1.53. The van der Waals surface area contributed by atoms with Gasteiger partial charge in [0, 0.05) is 44.2 Å². The Morgan fingerprint density at radius 1 is 1.19 bits per heavy atom. The van der Waals surface area contributed by atoms with Crippen LogP contribution in [0.3, 0.4) is 0 Å². The molecule has 1 aromatic carbocycles. The summed E-state index contributed by atoms with van der Waals surface area (Å²) >= 11 is 1.74. The minimum Gasteiger partial charge on any atom is -0.369 e. The average Bonchev–Trinajstić information content (AvgIpc) is 3.02. The summed E-state index contributed by atoms with van der Waals surface area (Å²) in [5.41, 5.74) is 2.75. The maximum atomic E-state index is 4.13. The number of nitrogens with zero attached hydrogens (tertiary/aromatic N) is 4. The van der Waals surface area contributed by atoms with Gasteiger partial charge in [0.15, 0.2) is 5.16 Å². The number of H-pyrrole nitrogens is 1. The van der Waals surface area contributed by atoms with Crippen LogP contribution in [-0.4, -0.2) is 58.6 Å². The Morgan fingerprint density at radius 2 is 2.00 bits per heavy atom. The van der Waals surface area contributed by atoms with Crippen molar-refractivity contribution in [2.24, 2.45) is 0 Å². The molecule has 0 atom stereocenters. The van der Waals surface area contributed by atoms with Gasteiger partial charge < -0.3 is 4.90 Å². The van der Waals surface area contributed by atoms with E-state index in [1.807, 2.05) is 0 Å². The Bertz CT molecular complexity index is 549. The van der Waals surface area contributed by atoms with Gasteiger partial charge in [-0.25, -0.2) is 4.98 Å². The van der Waals surface area contributed by atoms with Crippen molar-refractivity contribution in [2.45, 2.75) is 12.1 Å². The first-order valence-electron chi connectivity index (χ1n) is 7.34. The van der Waals surface area contributed by atoms with Crippen molar-refractivity contribution in [3.8, 4) is 0 Å². The Kier molecular flexibility index (Phi) is 4.77. The normalized spacial score (nSPS) is 16.3. The van der Waals surface area contributed by atoms with Gasteiger partial charge in [-0.05, 0) is 18.6 Å². The molecule has 1 saturated heterocycles. The predicted octanol–water partition coefficient (Wildman–Crippen LogP) is 2.03. The SMILES string of the molecule is Cc1ccccc1N1CCN(CCSc2ncn[nH]2)CC1. The molecule has 0 aliphatic carbocycles. The molecule has 1 aromatic heterocycles. The second-order valence-electron chi connectivity index (χ2n) is 5.25. The third kappa shape index (κ3) is 3.77. The number of thioether (sulfide) groups is 1. The maximum Gasteiger partial charge on any atom is 0.183 e. The smallest absolute Gasteiger partial charge is 0.183 e. The molecule has 21 heavy (non-hydrogen) atoms. The van der Waals surface area contributed by atoms with Crippen LogP contribution in [0, 0.1) is 6.92 Å². The molecular formula is C15H21N5S. The molecule has 0 radical (unpaired) electrons. The van der Waals surface area contributed by atoms with Gasteiger partial charge in [0.1, 0.15) is 6.33 Å². The first kappa shape index (κ1) is 14.4. The van der Waals surface area contributed by atoms with Crippen LogP contribution in [0.4, 0.5) is 5.69 Å². The molecule has 1 aliphatic heterocycles. The molecule has 3 rings (SSSR count). The van der Waals surface area contributed by atoms with Crippen LogP contribution < -0.4 is 4.90 Å². The van der Waals surface area contributed by atoms with Gasteiger partial charge >= 0.3 is 0 Å². The lowest BCUT2D eigenvalue weighted by atomic mass is 10.1. The number of hydrogen-bond acceptors (Lipinski definition) is 5. The van der Waals surface area contributed by atoms with Crippen molar-refractivity contribution in [3.05, 3.63) is 36.2 Å². The van der Waals surface area contributed by atoms with Crippen molar-refractivity contribution >= 4 is 17.4 Å². The van der Waals surface area contributed by atoms with E-state index in [1.165, 1.54) is 11.3 Å². The minimum absolute atomic E-state index is 0.911. The van der Waals surface area contributed by atoms with E-state index >= 15 is 0 Å². The number of para-hydroxylation sites is 1. The fourth-order valence-corrected chi connectivity index (χ4v) is 3.45. The second-order valence-corrected chi connectivity index (χ2v) is 6.34. The Morgan fingerprint density at radius 3 is 2.71 bits per heavy atom. The fraction of sp³-hybridized carbons (Fsp3) is 0.467. The van der Waals surface area contributed by atoms with Crippen LogP contribution in [0.2, 0.25) is 0 Å². The van der Waals surface area contributed by atoms with Crippen molar-refractivity contribution in [3.63, 3.8) is 0 Å². The van der Waals surface area contributed by atoms with Gasteiger partial charge in [-0.3, -0.25) is 10.00 Å². The number of benzene rings is 1.